The maximum atomic E-state index is 8.93. The van der Waals surface area contributed by atoms with Gasteiger partial charge in [0.1, 0.15) is 0 Å². The summed E-state index contributed by atoms with van der Waals surface area (Å²) in [7, 11) is 1.95. The SMILES string of the molecule is CNC(CCO)CN1CC(C)OCC1C. The predicted octanol–water partition coefficient (Wildman–Crippen LogP) is 0.0660. The number of nitrogens with one attached hydrogen (secondary N) is 1. The van der Waals surface area contributed by atoms with Crippen molar-refractivity contribution in [3.63, 3.8) is 0 Å². The molecule has 2 N–H and O–H groups in total. The first kappa shape index (κ1) is 12.9. The molecule has 0 saturated carbocycles. The lowest BCUT2D eigenvalue weighted by atomic mass is 10.1. The molecule has 0 spiro atoms. The lowest BCUT2D eigenvalue weighted by Gasteiger charge is -2.38. The first-order chi connectivity index (χ1) is 7.17. The van der Waals surface area contributed by atoms with Crippen molar-refractivity contribution in [1.29, 1.82) is 0 Å². The van der Waals surface area contributed by atoms with Crippen LogP contribution in [0.5, 0.6) is 0 Å². The minimum Gasteiger partial charge on any atom is -0.396 e. The average Bonchev–Trinajstić information content (AvgIpc) is 2.22. The normalized spacial score (nSPS) is 30.4. The summed E-state index contributed by atoms with van der Waals surface area (Å²) in [5, 5.41) is 12.2. The summed E-state index contributed by atoms with van der Waals surface area (Å²) in [5.74, 6) is 0. The van der Waals surface area contributed by atoms with E-state index in [1.165, 1.54) is 0 Å². The van der Waals surface area contributed by atoms with Gasteiger partial charge in [-0.2, -0.15) is 0 Å². The molecule has 1 heterocycles. The molecule has 15 heavy (non-hydrogen) atoms. The molecule has 4 nitrogen and oxygen atoms in total. The van der Waals surface area contributed by atoms with Gasteiger partial charge >= 0.3 is 0 Å². The lowest BCUT2D eigenvalue weighted by molar-refractivity contribution is -0.0523. The second-order valence-corrected chi connectivity index (χ2v) is 4.44. The molecule has 0 aromatic rings. The number of nitrogens with zero attached hydrogens (tertiary/aromatic N) is 1. The molecule has 0 aromatic heterocycles. The Kier molecular flexibility index (Phi) is 5.53. The second-order valence-electron chi connectivity index (χ2n) is 4.44. The summed E-state index contributed by atoms with van der Waals surface area (Å²) in [6.45, 7) is 7.35. The van der Waals surface area contributed by atoms with E-state index in [4.69, 9.17) is 9.84 Å². The Hall–Kier alpha value is -0.160. The van der Waals surface area contributed by atoms with Crippen LogP contribution < -0.4 is 5.32 Å². The van der Waals surface area contributed by atoms with Crippen LogP contribution in [0.3, 0.4) is 0 Å². The summed E-state index contributed by atoms with van der Waals surface area (Å²) < 4.78 is 5.58. The van der Waals surface area contributed by atoms with Crippen LogP contribution in [0.4, 0.5) is 0 Å². The number of likely N-dealkylation sites (N-methyl/N-ethyl adjacent to an activating group) is 1. The molecule has 1 saturated heterocycles. The largest absolute Gasteiger partial charge is 0.396 e. The molecular formula is C11H24N2O2. The van der Waals surface area contributed by atoms with Crippen LogP contribution in [0.1, 0.15) is 20.3 Å². The van der Waals surface area contributed by atoms with Crippen LogP contribution in [-0.2, 0) is 4.74 Å². The third-order valence-corrected chi connectivity index (χ3v) is 3.08. The van der Waals surface area contributed by atoms with E-state index in [1.54, 1.807) is 0 Å². The fraction of sp³-hybridized carbons (Fsp3) is 1.00. The maximum absolute atomic E-state index is 8.93. The number of aliphatic hydroxyl groups excluding tert-OH is 1. The highest BCUT2D eigenvalue weighted by Crippen LogP contribution is 2.12. The van der Waals surface area contributed by atoms with Gasteiger partial charge in [-0.3, -0.25) is 4.90 Å². The third kappa shape index (κ3) is 4.07. The minimum atomic E-state index is 0.250. The van der Waals surface area contributed by atoms with Gasteiger partial charge in [0.2, 0.25) is 0 Å². The van der Waals surface area contributed by atoms with Gasteiger partial charge in [-0.25, -0.2) is 0 Å². The summed E-state index contributed by atoms with van der Waals surface area (Å²) in [6.07, 6.45) is 1.14. The third-order valence-electron chi connectivity index (χ3n) is 3.08. The standard InChI is InChI=1S/C11H24N2O2/c1-9-8-15-10(2)6-13(9)7-11(12-3)4-5-14/h9-12,14H,4-8H2,1-3H3. The van der Waals surface area contributed by atoms with Crippen LogP contribution in [0.25, 0.3) is 0 Å². The van der Waals surface area contributed by atoms with E-state index in [1.807, 2.05) is 7.05 Å². The Morgan fingerprint density at radius 2 is 2.27 bits per heavy atom. The van der Waals surface area contributed by atoms with Crippen molar-refractivity contribution in [1.82, 2.24) is 10.2 Å². The van der Waals surface area contributed by atoms with Crippen molar-refractivity contribution in [2.75, 3.05) is 33.4 Å². The molecule has 3 unspecified atom stereocenters. The molecule has 1 rings (SSSR count). The first-order valence-corrected chi connectivity index (χ1v) is 5.81. The average molecular weight is 216 g/mol. The Morgan fingerprint density at radius 1 is 1.53 bits per heavy atom. The van der Waals surface area contributed by atoms with Crippen molar-refractivity contribution in [3.8, 4) is 0 Å². The van der Waals surface area contributed by atoms with Crippen molar-refractivity contribution < 1.29 is 9.84 Å². The van der Waals surface area contributed by atoms with E-state index in [-0.39, 0.29) is 6.61 Å². The number of morpholine rings is 1. The van der Waals surface area contributed by atoms with E-state index in [0.29, 0.717) is 18.2 Å². The van der Waals surface area contributed by atoms with Gasteiger partial charge < -0.3 is 15.2 Å². The maximum Gasteiger partial charge on any atom is 0.0674 e. The fourth-order valence-electron chi connectivity index (χ4n) is 1.99. The number of hydrogen-bond donors (Lipinski definition) is 2. The molecule has 1 aliphatic rings. The molecule has 3 atom stereocenters. The molecule has 1 fully saturated rings. The molecule has 1 aliphatic heterocycles. The molecule has 90 valence electrons. The zero-order chi connectivity index (χ0) is 11.3. The van der Waals surface area contributed by atoms with Gasteiger partial charge in [-0.05, 0) is 27.3 Å². The molecular weight excluding hydrogens is 192 g/mol. The van der Waals surface area contributed by atoms with E-state index < -0.39 is 0 Å². The minimum absolute atomic E-state index is 0.250. The number of ether oxygens (including phenoxy) is 1. The van der Waals surface area contributed by atoms with Gasteiger partial charge in [-0.15, -0.1) is 0 Å². The smallest absolute Gasteiger partial charge is 0.0674 e. The number of rotatable bonds is 5. The summed E-state index contributed by atoms with van der Waals surface area (Å²) in [5.41, 5.74) is 0. The van der Waals surface area contributed by atoms with Crippen LogP contribution in [0, 0.1) is 0 Å². The molecule has 0 bridgehead atoms. The Morgan fingerprint density at radius 3 is 2.87 bits per heavy atom. The van der Waals surface area contributed by atoms with Crippen molar-refractivity contribution in [3.05, 3.63) is 0 Å². The molecule has 0 amide bonds. The highest BCUT2D eigenvalue weighted by molar-refractivity contribution is 4.79. The molecule has 0 aromatic carbocycles. The van der Waals surface area contributed by atoms with E-state index in [0.717, 1.165) is 26.1 Å². The summed E-state index contributed by atoms with van der Waals surface area (Å²) in [4.78, 5) is 2.44. The van der Waals surface area contributed by atoms with Crippen molar-refractivity contribution in [2.24, 2.45) is 0 Å². The highest BCUT2D eigenvalue weighted by Gasteiger charge is 2.24. The number of hydrogen-bond acceptors (Lipinski definition) is 4. The van der Waals surface area contributed by atoms with Gasteiger partial charge in [0, 0.05) is 31.8 Å². The van der Waals surface area contributed by atoms with E-state index in [2.05, 4.69) is 24.1 Å². The summed E-state index contributed by atoms with van der Waals surface area (Å²) >= 11 is 0. The first-order valence-electron chi connectivity index (χ1n) is 5.81. The zero-order valence-corrected chi connectivity index (χ0v) is 10.1. The monoisotopic (exact) mass is 216 g/mol. The van der Waals surface area contributed by atoms with Gasteiger partial charge in [0.25, 0.3) is 0 Å². The highest BCUT2D eigenvalue weighted by atomic mass is 16.5. The topological polar surface area (TPSA) is 44.7 Å². The van der Waals surface area contributed by atoms with E-state index >= 15 is 0 Å². The fourth-order valence-corrected chi connectivity index (χ4v) is 1.99. The van der Waals surface area contributed by atoms with Crippen LogP contribution >= 0.6 is 0 Å². The Bertz CT molecular complexity index is 178. The number of aliphatic hydroxyl groups is 1. The molecule has 0 aliphatic carbocycles. The second kappa shape index (κ2) is 6.43. The van der Waals surface area contributed by atoms with Crippen molar-refractivity contribution >= 4 is 0 Å². The quantitative estimate of drug-likeness (QED) is 0.682. The van der Waals surface area contributed by atoms with Crippen molar-refractivity contribution in [2.45, 2.75) is 38.5 Å². The van der Waals surface area contributed by atoms with Crippen LogP contribution in [0.2, 0.25) is 0 Å². The summed E-state index contributed by atoms with van der Waals surface area (Å²) in [6, 6.07) is 0.860. The van der Waals surface area contributed by atoms with Crippen LogP contribution in [0.15, 0.2) is 0 Å². The van der Waals surface area contributed by atoms with Crippen LogP contribution in [-0.4, -0.2) is 61.5 Å². The lowest BCUT2D eigenvalue weighted by Crippen LogP contribution is -2.52. The van der Waals surface area contributed by atoms with Gasteiger partial charge in [0.05, 0.1) is 12.7 Å². The molecule has 4 heteroatoms. The van der Waals surface area contributed by atoms with E-state index in [9.17, 15) is 0 Å². The Balaban J connectivity index is 2.39. The van der Waals surface area contributed by atoms with Gasteiger partial charge in [-0.1, -0.05) is 0 Å². The molecule has 0 radical (unpaired) electrons. The predicted molar refractivity (Wildman–Crippen MR) is 61.0 cm³/mol. The zero-order valence-electron chi connectivity index (χ0n) is 10.1. The van der Waals surface area contributed by atoms with Gasteiger partial charge in [0.15, 0.2) is 0 Å². The Labute approximate surface area is 92.6 Å².